The first-order chi connectivity index (χ1) is 14.5. The molecule has 0 bridgehead atoms. The lowest BCUT2D eigenvalue weighted by molar-refractivity contribution is -0.132. The molecule has 0 radical (unpaired) electrons. The molecule has 1 aromatic carbocycles. The number of rotatable bonds is 8. The van der Waals surface area contributed by atoms with Gasteiger partial charge in [0, 0.05) is 19.0 Å². The van der Waals surface area contributed by atoms with Gasteiger partial charge in [-0.15, -0.1) is 5.10 Å². The molecule has 1 saturated heterocycles. The highest BCUT2D eigenvalue weighted by molar-refractivity contribution is 5.77. The topological polar surface area (TPSA) is 77.0 Å². The van der Waals surface area contributed by atoms with E-state index in [0.29, 0.717) is 18.5 Å². The second kappa shape index (κ2) is 10.1. The van der Waals surface area contributed by atoms with E-state index >= 15 is 0 Å². The predicted molar refractivity (Wildman–Crippen MR) is 116 cm³/mol. The van der Waals surface area contributed by atoms with Gasteiger partial charge in [-0.05, 0) is 50.0 Å². The number of benzene rings is 1. The minimum Gasteiger partial charge on any atom is -0.334 e. The molecule has 0 aliphatic carbocycles. The van der Waals surface area contributed by atoms with Crippen molar-refractivity contribution in [3.8, 4) is 0 Å². The minimum absolute atomic E-state index is 0.0359. The summed E-state index contributed by atoms with van der Waals surface area (Å²) in [5.74, 6) is -0.327. The fourth-order valence-corrected chi connectivity index (χ4v) is 3.79. The molecule has 1 aliphatic rings. The Morgan fingerprint density at radius 2 is 2.23 bits per heavy atom. The summed E-state index contributed by atoms with van der Waals surface area (Å²) in [7, 11) is 0. The Labute approximate surface area is 176 Å². The lowest BCUT2D eigenvalue weighted by Crippen LogP contribution is -2.36. The summed E-state index contributed by atoms with van der Waals surface area (Å²) in [4.78, 5) is 14.7. The Hall–Kier alpha value is -3.06. The summed E-state index contributed by atoms with van der Waals surface area (Å²) in [6, 6.07) is 5.96. The van der Waals surface area contributed by atoms with Crippen molar-refractivity contribution < 1.29 is 9.18 Å². The van der Waals surface area contributed by atoms with Gasteiger partial charge >= 0.3 is 0 Å². The van der Waals surface area contributed by atoms with Gasteiger partial charge < -0.3 is 10.6 Å². The van der Waals surface area contributed by atoms with Crippen molar-refractivity contribution in [2.45, 2.75) is 44.7 Å². The van der Waals surface area contributed by atoms with Gasteiger partial charge in [-0.2, -0.15) is 0 Å². The number of hydrogen-bond acceptors (Lipinski definition) is 4. The number of nitrogens with zero attached hydrogens (tertiary/aromatic N) is 4. The van der Waals surface area contributed by atoms with Gasteiger partial charge in [-0.25, -0.2) is 9.07 Å². The summed E-state index contributed by atoms with van der Waals surface area (Å²) >= 11 is 0. The number of halogens is 1. The minimum atomic E-state index is -0.442. The molecule has 3 rings (SSSR count). The van der Waals surface area contributed by atoms with E-state index in [1.54, 1.807) is 29.0 Å². The highest BCUT2D eigenvalue weighted by Gasteiger charge is 2.32. The van der Waals surface area contributed by atoms with Gasteiger partial charge in [0.25, 0.3) is 0 Å². The van der Waals surface area contributed by atoms with E-state index in [2.05, 4.69) is 16.9 Å². The summed E-state index contributed by atoms with van der Waals surface area (Å²) in [6.07, 6.45) is 11.4. The molecule has 30 heavy (non-hydrogen) atoms. The largest absolute Gasteiger partial charge is 0.334 e. The second-order valence-corrected chi connectivity index (χ2v) is 7.42. The molecule has 2 aromatic rings. The molecule has 2 N–H and O–H groups in total. The summed E-state index contributed by atoms with van der Waals surface area (Å²) < 4.78 is 15.5. The van der Waals surface area contributed by atoms with E-state index in [4.69, 9.17) is 5.73 Å². The van der Waals surface area contributed by atoms with Crippen LogP contribution < -0.4 is 5.73 Å². The molecule has 7 heteroatoms. The van der Waals surface area contributed by atoms with Crippen molar-refractivity contribution in [3.05, 3.63) is 78.4 Å². The smallest absolute Gasteiger partial charge is 0.224 e. The molecule has 6 nitrogen and oxygen atoms in total. The zero-order valence-corrected chi connectivity index (χ0v) is 17.2. The lowest BCUT2D eigenvalue weighted by atomic mass is 10.0. The Morgan fingerprint density at radius 3 is 2.97 bits per heavy atom. The fourth-order valence-electron chi connectivity index (χ4n) is 3.79. The third kappa shape index (κ3) is 5.10. The average Bonchev–Trinajstić information content (AvgIpc) is 3.39. The van der Waals surface area contributed by atoms with Gasteiger partial charge in [0.1, 0.15) is 11.5 Å². The van der Waals surface area contributed by atoms with Gasteiger partial charge in [-0.3, -0.25) is 4.79 Å². The maximum absolute atomic E-state index is 13.9. The molecular formula is C23H28FN5O. The van der Waals surface area contributed by atoms with E-state index in [1.807, 2.05) is 36.2 Å². The summed E-state index contributed by atoms with van der Waals surface area (Å²) in [5.41, 5.74) is 8.29. The van der Waals surface area contributed by atoms with E-state index in [9.17, 15) is 9.18 Å². The highest BCUT2D eigenvalue weighted by Crippen LogP contribution is 2.31. The maximum Gasteiger partial charge on any atom is 0.224 e. The summed E-state index contributed by atoms with van der Waals surface area (Å²) in [6.45, 7) is 6.32. The van der Waals surface area contributed by atoms with Crippen LogP contribution >= 0.6 is 0 Å². The van der Waals surface area contributed by atoms with Gasteiger partial charge in [0.2, 0.25) is 5.91 Å². The Balaban J connectivity index is 1.68. The van der Waals surface area contributed by atoms with Crippen LogP contribution in [0, 0.1) is 5.82 Å². The Kier molecular flexibility index (Phi) is 7.30. The molecule has 2 heterocycles. The average molecular weight is 410 g/mol. The molecule has 2 atom stereocenters. The first-order valence-electron chi connectivity index (χ1n) is 10.2. The predicted octanol–water partition coefficient (Wildman–Crippen LogP) is 3.64. The fraction of sp³-hybridized carbons (Fsp3) is 0.348. The molecule has 1 amide bonds. The highest BCUT2D eigenvalue weighted by atomic mass is 19.1. The number of likely N-dealkylation sites (tertiary alicyclic amines) is 1. The first-order valence-corrected chi connectivity index (χ1v) is 10.2. The van der Waals surface area contributed by atoms with Crippen LogP contribution in [0.1, 0.15) is 43.5 Å². The first kappa shape index (κ1) is 21.6. The SMILES string of the molecule is C=C/C=C(\C=C/C)n1cc([C@@H]2CCCN2C(=O)C[C@H](N)Cc2ccccc2F)nn1. The molecule has 0 saturated carbocycles. The number of nitrogens with two attached hydrogens (primary N) is 1. The zero-order valence-electron chi connectivity index (χ0n) is 17.2. The van der Waals surface area contributed by atoms with Crippen molar-refractivity contribution >= 4 is 11.6 Å². The Bertz CT molecular complexity index is 949. The number of hydrogen-bond donors (Lipinski definition) is 1. The molecule has 1 aromatic heterocycles. The van der Waals surface area contributed by atoms with Gasteiger partial charge in [0.15, 0.2) is 0 Å². The summed E-state index contributed by atoms with van der Waals surface area (Å²) in [5, 5.41) is 8.52. The lowest BCUT2D eigenvalue weighted by Gasteiger charge is -2.24. The van der Waals surface area contributed by atoms with Crippen molar-refractivity contribution in [1.29, 1.82) is 0 Å². The van der Waals surface area contributed by atoms with Crippen LogP contribution in [-0.4, -0.2) is 38.4 Å². The van der Waals surface area contributed by atoms with E-state index in [1.165, 1.54) is 6.07 Å². The van der Waals surface area contributed by atoms with E-state index in [0.717, 1.165) is 24.2 Å². The molecule has 0 unspecified atom stereocenters. The number of carbonyl (C=O) groups excluding carboxylic acids is 1. The monoisotopic (exact) mass is 409 g/mol. The molecule has 1 aliphatic heterocycles. The number of carbonyl (C=O) groups is 1. The molecule has 158 valence electrons. The van der Waals surface area contributed by atoms with Crippen molar-refractivity contribution in [2.24, 2.45) is 5.73 Å². The van der Waals surface area contributed by atoms with E-state index < -0.39 is 6.04 Å². The van der Waals surface area contributed by atoms with Crippen molar-refractivity contribution in [3.63, 3.8) is 0 Å². The number of aromatic nitrogens is 3. The van der Waals surface area contributed by atoms with Gasteiger partial charge in [0.05, 0.1) is 17.9 Å². The third-order valence-electron chi connectivity index (χ3n) is 5.19. The van der Waals surface area contributed by atoms with E-state index in [-0.39, 0.29) is 24.2 Å². The van der Waals surface area contributed by atoms with Crippen LogP contribution in [0.4, 0.5) is 4.39 Å². The zero-order chi connectivity index (χ0) is 21.5. The quantitative estimate of drug-likeness (QED) is 0.675. The van der Waals surface area contributed by atoms with Crippen LogP contribution in [0.3, 0.4) is 0 Å². The third-order valence-corrected chi connectivity index (χ3v) is 5.19. The van der Waals surface area contributed by atoms with Crippen molar-refractivity contribution in [2.75, 3.05) is 6.54 Å². The van der Waals surface area contributed by atoms with Gasteiger partial charge in [-0.1, -0.05) is 42.1 Å². The molecule has 1 fully saturated rings. The van der Waals surface area contributed by atoms with Crippen LogP contribution in [0.2, 0.25) is 0 Å². The normalized spacial score (nSPS) is 18.2. The number of amides is 1. The maximum atomic E-state index is 13.9. The standard InChI is InChI=1S/C23H28FN5O/c1-3-8-19(9-4-2)29-16-21(26-27-29)22-12-7-13-28(22)23(30)15-18(25)14-17-10-5-6-11-20(17)24/h3-6,8-11,16,18,22H,1,7,12-15,25H2,2H3/b9-4-,19-8+/t18-,22+/m1/s1. The van der Waals surface area contributed by atoms with Crippen LogP contribution in [0.5, 0.6) is 0 Å². The Morgan fingerprint density at radius 1 is 1.43 bits per heavy atom. The van der Waals surface area contributed by atoms with Crippen LogP contribution in [0.25, 0.3) is 5.70 Å². The van der Waals surface area contributed by atoms with Crippen LogP contribution in [-0.2, 0) is 11.2 Å². The van der Waals surface area contributed by atoms with Crippen molar-refractivity contribution in [1.82, 2.24) is 19.9 Å². The second-order valence-electron chi connectivity index (χ2n) is 7.42. The van der Waals surface area contributed by atoms with Crippen LogP contribution in [0.15, 0.2) is 61.3 Å². The molecular weight excluding hydrogens is 381 g/mol. The molecule has 0 spiro atoms. The number of allylic oxidation sites excluding steroid dienone is 5.